The predicted octanol–water partition coefficient (Wildman–Crippen LogP) is 2.64. The first-order chi connectivity index (χ1) is 10.4. The molecule has 1 saturated heterocycles. The fraction of sp³-hybridized carbons (Fsp3) is 0.533. The lowest BCUT2D eigenvalue weighted by Gasteiger charge is -2.25. The highest BCUT2D eigenvalue weighted by Crippen LogP contribution is 2.40. The Morgan fingerprint density at radius 2 is 2.32 bits per heavy atom. The van der Waals surface area contributed by atoms with Gasteiger partial charge in [-0.25, -0.2) is 0 Å². The smallest absolute Gasteiger partial charge is 0.302 e. The van der Waals surface area contributed by atoms with Crippen molar-refractivity contribution in [1.82, 2.24) is 0 Å². The molecular formula is C15H22N2O4S. The van der Waals surface area contributed by atoms with Crippen LogP contribution in [-0.4, -0.2) is 42.0 Å². The summed E-state index contributed by atoms with van der Waals surface area (Å²) in [5.74, 6) is -1.81. The molecule has 0 aromatic heterocycles. The van der Waals surface area contributed by atoms with E-state index in [9.17, 15) is 9.90 Å². The average Bonchev–Trinajstić information content (AvgIpc) is 2.87. The van der Waals surface area contributed by atoms with Crippen LogP contribution in [0.15, 0.2) is 27.1 Å². The van der Waals surface area contributed by atoms with Crippen molar-refractivity contribution in [1.29, 1.82) is 5.41 Å². The fourth-order valence-electron chi connectivity index (χ4n) is 1.82. The Hall–Kier alpha value is -1.44. The van der Waals surface area contributed by atoms with Gasteiger partial charge < -0.3 is 20.0 Å². The molecule has 2 unspecified atom stereocenters. The molecule has 0 saturated carbocycles. The second kappa shape index (κ2) is 8.87. The molecule has 0 spiro atoms. The SMILES string of the molecule is CC=N/C=C(/S/C=C(\C)C=N)C1(O)CCC(COC(C)=O)O1. The van der Waals surface area contributed by atoms with Crippen LogP contribution in [0.5, 0.6) is 0 Å². The summed E-state index contributed by atoms with van der Waals surface area (Å²) in [6.07, 6.45) is 5.04. The number of aliphatic hydroxyl groups is 1. The number of rotatable bonds is 7. The molecule has 122 valence electrons. The van der Waals surface area contributed by atoms with Gasteiger partial charge in [-0.3, -0.25) is 9.79 Å². The second-order valence-electron chi connectivity index (χ2n) is 4.89. The fourth-order valence-corrected chi connectivity index (χ4v) is 2.65. The number of carbonyl (C=O) groups is 1. The second-order valence-corrected chi connectivity index (χ2v) is 5.80. The molecule has 1 aliphatic rings. The van der Waals surface area contributed by atoms with Gasteiger partial charge >= 0.3 is 5.97 Å². The molecule has 2 atom stereocenters. The van der Waals surface area contributed by atoms with Crippen LogP contribution in [0.3, 0.4) is 0 Å². The number of aliphatic imine (C=N–C) groups is 1. The van der Waals surface area contributed by atoms with Crippen LogP contribution in [0.25, 0.3) is 0 Å². The van der Waals surface area contributed by atoms with E-state index in [0.717, 1.165) is 5.57 Å². The lowest BCUT2D eigenvalue weighted by Crippen LogP contribution is -2.31. The van der Waals surface area contributed by atoms with Crippen molar-refractivity contribution in [2.75, 3.05) is 6.61 Å². The van der Waals surface area contributed by atoms with Gasteiger partial charge in [-0.15, -0.1) is 0 Å². The lowest BCUT2D eigenvalue weighted by atomic mass is 10.1. The molecule has 1 aliphatic heterocycles. The first-order valence-corrected chi connectivity index (χ1v) is 7.85. The number of carbonyl (C=O) groups excluding carboxylic acids is 1. The zero-order chi connectivity index (χ0) is 16.6. The van der Waals surface area contributed by atoms with Crippen molar-refractivity contribution in [3.63, 3.8) is 0 Å². The first kappa shape index (κ1) is 18.6. The van der Waals surface area contributed by atoms with Gasteiger partial charge in [-0.2, -0.15) is 0 Å². The van der Waals surface area contributed by atoms with Crippen molar-refractivity contribution in [2.24, 2.45) is 4.99 Å². The highest BCUT2D eigenvalue weighted by Gasteiger charge is 2.42. The van der Waals surface area contributed by atoms with Crippen LogP contribution >= 0.6 is 11.8 Å². The first-order valence-electron chi connectivity index (χ1n) is 6.97. The Kier molecular flexibility index (Phi) is 7.50. The molecule has 1 fully saturated rings. The van der Waals surface area contributed by atoms with E-state index in [4.69, 9.17) is 14.9 Å². The maximum Gasteiger partial charge on any atom is 0.302 e. The summed E-state index contributed by atoms with van der Waals surface area (Å²) >= 11 is 1.27. The van der Waals surface area contributed by atoms with E-state index in [0.29, 0.717) is 17.7 Å². The van der Waals surface area contributed by atoms with E-state index in [1.54, 1.807) is 31.7 Å². The van der Waals surface area contributed by atoms with Gasteiger partial charge in [0.25, 0.3) is 0 Å². The summed E-state index contributed by atoms with van der Waals surface area (Å²) in [5, 5.41) is 19.6. The number of hydrogen-bond donors (Lipinski definition) is 2. The van der Waals surface area contributed by atoms with E-state index in [-0.39, 0.29) is 18.7 Å². The van der Waals surface area contributed by atoms with Crippen LogP contribution in [-0.2, 0) is 14.3 Å². The molecule has 0 aromatic rings. The molecule has 2 N–H and O–H groups in total. The Labute approximate surface area is 134 Å². The molecule has 0 radical (unpaired) electrons. The quantitative estimate of drug-likeness (QED) is 0.554. The molecule has 1 heterocycles. The minimum atomic E-state index is -1.44. The molecule has 7 heteroatoms. The zero-order valence-electron chi connectivity index (χ0n) is 13.0. The number of allylic oxidation sites excluding steroid dienone is 1. The maximum absolute atomic E-state index is 10.8. The molecular weight excluding hydrogens is 304 g/mol. The molecule has 0 amide bonds. The largest absolute Gasteiger partial charge is 0.463 e. The van der Waals surface area contributed by atoms with Gasteiger partial charge in [0.2, 0.25) is 5.79 Å². The van der Waals surface area contributed by atoms with E-state index < -0.39 is 5.79 Å². The third-order valence-electron chi connectivity index (χ3n) is 2.96. The van der Waals surface area contributed by atoms with E-state index >= 15 is 0 Å². The number of thioether (sulfide) groups is 1. The molecule has 1 rings (SSSR count). The summed E-state index contributed by atoms with van der Waals surface area (Å²) in [7, 11) is 0. The zero-order valence-corrected chi connectivity index (χ0v) is 13.9. The highest BCUT2D eigenvalue weighted by molar-refractivity contribution is 8.05. The van der Waals surface area contributed by atoms with E-state index in [2.05, 4.69) is 4.99 Å². The van der Waals surface area contributed by atoms with Crippen molar-refractivity contribution >= 4 is 30.2 Å². The summed E-state index contributed by atoms with van der Waals surface area (Å²) < 4.78 is 10.6. The van der Waals surface area contributed by atoms with Crippen molar-refractivity contribution in [3.05, 3.63) is 22.1 Å². The molecule has 6 nitrogen and oxygen atoms in total. The van der Waals surface area contributed by atoms with Gasteiger partial charge in [0.15, 0.2) is 0 Å². The van der Waals surface area contributed by atoms with Gasteiger partial charge in [-0.05, 0) is 31.2 Å². The standard InChI is InChI=1S/C15H22N2O4S/c1-4-17-8-14(22-10-11(2)7-16)15(19)6-5-13(21-15)9-20-12(3)18/h4,7-8,10,13,16,19H,5-6,9H2,1-3H3/b11-10+,14-8+,16-7?,17-4?. The number of ether oxygens (including phenoxy) is 2. The van der Waals surface area contributed by atoms with Gasteiger partial charge in [-0.1, -0.05) is 11.8 Å². The van der Waals surface area contributed by atoms with E-state index in [1.807, 2.05) is 0 Å². The number of nitrogens with one attached hydrogen (secondary N) is 1. The number of esters is 1. The van der Waals surface area contributed by atoms with Crippen molar-refractivity contribution < 1.29 is 19.4 Å². The minimum absolute atomic E-state index is 0.127. The van der Waals surface area contributed by atoms with Crippen molar-refractivity contribution in [2.45, 2.75) is 45.5 Å². The predicted molar refractivity (Wildman–Crippen MR) is 88.1 cm³/mol. The monoisotopic (exact) mass is 326 g/mol. The Morgan fingerprint density at radius 3 is 2.91 bits per heavy atom. The summed E-state index contributed by atoms with van der Waals surface area (Å²) in [5.41, 5.74) is 0.759. The molecule has 22 heavy (non-hydrogen) atoms. The molecule has 0 aromatic carbocycles. The molecule has 0 bridgehead atoms. The van der Waals surface area contributed by atoms with Crippen LogP contribution in [0.4, 0.5) is 0 Å². The van der Waals surface area contributed by atoms with Gasteiger partial charge in [0, 0.05) is 32.0 Å². The number of nitrogens with zero attached hydrogens (tertiary/aromatic N) is 1. The maximum atomic E-state index is 10.8. The normalized spacial score (nSPS) is 26.5. The molecule has 0 aliphatic carbocycles. The Morgan fingerprint density at radius 1 is 1.59 bits per heavy atom. The minimum Gasteiger partial charge on any atom is -0.463 e. The van der Waals surface area contributed by atoms with E-state index in [1.165, 1.54) is 24.9 Å². The topological polar surface area (TPSA) is 92.0 Å². The third-order valence-corrected chi connectivity index (χ3v) is 4.13. The van der Waals surface area contributed by atoms with Crippen LogP contribution in [0.1, 0.15) is 33.6 Å². The van der Waals surface area contributed by atoms with Gasteiger partial charge in [0.05, 0.1) is 11.0 Å². The highest BCUT2D eigenvalue weighted by atomic mass is 32.2. The average molecular weight is 326 g/mol. The van der Waals surface area contributed by atoms with Crippen LogP contribution in [0, 0.1) is 5.41 Å². The number of hydrogen-bond acceptors (Lipinski definition) is 7. The van der Waals surface area contributed by atoms with Crippen LogP contribution in [0.2, 0.25) is 0 Å². The summed E-state index contributed by atoms with van der Waals surface area (Å²) in [6.45, 7) is 5.04. The van der Waals surface area contributed by atoms with Crippen LogP contribution < -0.4 is 0 Å². The lowest BCUT2D eigenvalue weighted by molar-refractivity contribution is -0.174. The van der Waals surface area contributed by atoms with Crippen molar-refractivity contribution in [3.8, 4) is 0 Å². The van der Waals surface area contributed by atoms with Gasteiger partial charge in [0.1, 0.15) is 6.61 Å². The Balaban J connectivity index is 2.81. The summed E-state index contributed by atoms with van der Waals surface area (Å²) in [6, 6.07) is 0. The summed E-state index contributed by atoms with van der Waals surface area (Å²) in [4.78, 5) is 15.4. The Bertz CT molecular complexity index is 502. The third kappa shape index (κ3) is 5.75.